The van der Waals surface area contributed by atoms with Gasteiger partial charge in [0.05, 0.1) is 17.5 Å². The molecule has 0 spiro atoms. The normalized spacial score (nSPS) is 16.8. The molecule has 1 unspecified atom stereocenters. The third kappa shape index (κ3) is 3.57. The van der Waals surface area contributed by atoms with Crippen molar-refractivity contribution in [3.63, 3.8) is 0 Å². The Morgan fingerprint density at radius 2 is 2.11 bits per heavy atom. The van der Waals surface area contributed by atoms with Crippen LogP contribution in [0.5, 0.6) is 0 Å². The molecule has 1 atom stereocenters. The second-order valence-electron chi connectivity index (χ2n) is 5.63. The van der Waals surface area contributed by atoms with E-state index in [1.54, 1.807) is 11.3 Å². The summed E-state index contributed by atoms with van der Waals surface area (Å²) < 4.78 is 0. The second-order valence-corrected chi connectivity index (χ2v) is 6.76. The van der Waals surface area contributed by atoms with Crippen molar-refractivity contribution < 1.29 is 9.90 Å². The van der Waals surface area contributed by atoms with Crippen LogP contribution in [0.4, 0.5) is 0 Å². The molecule has 1 aromatic heterocycles. The monoisotopic (exact) mass is 281 g/mol. The molecule has 2 N–H and O–H groups in total. The first-order valence-electron chi connectivity index (χ1n) is 7.15. The average molecular weight is 281 g/mol. The molecular weight excluding hydrogens is 258 g/mol. The molecule has 4 heteroatoms. The standard InChI is InChI=1S/C15H23NO2S/c1-10(2)12(9-17)16-15(18)14-8-11-6-4-3-5-7-13(11)19-14/h8,10,12,17H,3-7,9H2,1-2H3,(H,16,18). The Morgan fingerprint density at radius 1 is 1.37 bits per heavy atom. The van der Waals surface area contributed by atoms with Gasteiger partial charge in [-0.05, 0) is 43.2 Å². The first-order chi connectivity index (χ1) is 9.11. The summed E-state index contributed by atoms with van der Waals surface area (Å²) in [4.78, 5) is 14.4. The van der Waals surface area contributed by atoms with Crippen LogP contribution in [0.3, 0.4) is 0 Å². The second kappa shape index (κ2) is 6.53. The first kappa shape index (κ1) is 14.5. The number of carbonyl (C=O) groups is 1. The number of carbonyl (C=O) groups excluding carboxylic acids is 1. The molecule has 0 fully saturated rings. The minimum Gasteiger partial charge on any atom is -0.394 e. The quantitative estimate of drug-likeness (QED) is 0.834. The zero-order valence-corrected chi connectivity index (χ0v) is 12.6. The van der Waals surface area contributed by atoms with Crippen LogP contribution < -0.4 is 5.32 Å². The zero-order chi connectivity index (χ0) is 13.8. The number of hydrogen-bond donors (Lipinski definition) is 2. The fourth-order valence-corrected chi connectivity index (χ4v) is 3.60. The van der Waals surface area contributed by atoms with Crippen LogP contribution in [0.2, 0.25) is 0 Å². The van der Waals surface area contributed by atoms with Gasteiger partial charge in [-0.15, -0.1) is 11.3 Å². The van der Waals surface area contributed by atoms with Gasteiger partial charge in [-0.2, -0.15) is 0 Å². The van der Waals surface area contributed by atoms with E-state index in [0.717, 1.165) is 17.7 Å². The summed E-state index contributed by atoms with van der Waals surface area (Å²) in [5.74, 6) is 0.206. The zero-order valence-electron chi connectivity index (χ0n) is 11.7. The maximum atomic E-state index is 12.2. The molecule has 1 heterocycles. The van der Waals surface area contributed by atoms with Gasteiger partial charge in [0.15, 0.2) is 0 Å². The van der Waals surface area contributed by atoms with E-state index in [1.165, 1.54) is 29.7 Å². The fourth-order valence-electron chi connectivity index (χ4n) is 2.44. The molecule has 0 saturated carbocycles. The average Bonchev–Trinajstić information content (AvgIpc) is 2.67. The molecule has 1 aliphatic carbocycles. The van der Waals surface area contributed by atoms with Gasteiger partial charge in [0.25, 0.3) is 5.91 Å². The summed E-state index contributed by atoms with van der Waals surface area (Å²) in [7, 11) is 0. The summed E-state index contributed by atoms with van der Waals surface area (Å²) in [6.45, 7) is 4.00. The third-order valence-electron chi connectivity index (χ3n) is 3.79. The van der Waals surface area contributed by atoms with E-state index in [9.17, 15) is 9.90 Å². The van der Waals surface area contributed by atoms with E-state index in [2.05, 4.69) is 11.4 Å². The lowest BCUT2D eigenvalue weighted by molar-refractivity contribution is 0.0901. The van der Waals surface area contributed by atoms with Gasteiger partial charge in [0, 0.05) is 4.88 Å². The number of nitrogens with one attached hydrogen (secondary N) is 1. The van der Waals surface area contributed by atoms with Crippen LogP contribution in [-0.4, -0.2) is 23.7 Å². The molecule has 0 bridgehead atoms. The van der Waals surface area contributed by atoms with Crippen LogP contribution >= 0.6 is 11.3 Å². The largest absolute Gasteiger partial charge is 0.394 e. The number of amides is 1. The van der Waals surface area contributed by atoms with Crippen molar-refractivity contribution in [2.24, 2.45) is 5.92 Å². The van der Waals surface area contributed by atoms with Gasteiger partial charge < -0.3 is 10.4 Å². The highest BCUT2D eigenvalue weighted by Crippen LogP contribution is 2.29. The summed E-state index contributed by atoms with van der Waals surface area (Å²) in [5.41, 5.74) is 1.36. The summed E-state index contributed by atoms with van der Waals surface area (Å²) >= 11 is 1.63. The lowest BCUT2D eigenvalue weighted by atomic mass is 10.1. The molecule has 106 valence electrons. The molecule has 1 amide bonds. The van der Waals surface area contributed by atoms with E-state index in [-0.39, 0.29) is 24.5 Å². The Balaban J connectivity index is 2.07. The molecule has 1 aromatic rings. The van der Waals surface area contributed by atoms with Crippen LogP contribution in [0.1, 0.15) is 53.2 Å². The topological polar surface area (TPSA) is 49.3 Å². The number of aryl methyl sites for hydroxylation is 2. The molecule has 3 nitrogen and oxygen atoms in total. The lowest BCUT2D eigenvalue weighted by Crippen LogP contribution is -2.40. The van der Waals surface area contributed by atoms with Crippen LogP contribution in [0.15, 0.2) is 6.07 Å². The molecule has 19 heavy (non-hydrogen) atoms. The van der Waals surface area contributed by atoms with Gasteiger partial charge in [-0.1, -0.05) is 20.3 Å². The number of thiophene rings is 1. The van der Waals surface area contributed by atoms with Gasteiger partial charge in [-0.25, -0.2) is 0 Å². The van der Waals surface area contributed by atoms with Crippen molar-refractivity contribution in [2.45, 2.75) is 52.0 Å². The van der Waals surface area contributed by atoms with Crippen LogP contribution in [0.25, 0.3) is 0 Å². The summed E-state index contributed by atoms with van der Waals surface area (Å²) in [6.07, 6.45) is 5.98. The van der Waals surface area contributed by atoms with Crippen molar-refractivity contribution >= 4 is 17.2 Å². The molecule has 0 aliphatic heterocycles. The van der Waals surface area contributed by atoms with Crippen LogP contribution in [0, 0.1) is 5.92 Å². The highest BCUT2D eigenvalue weighted by atomic mass is 32.1. The van der Waals surface area contributed by atoms with E-state index < -0.39 is 0 Å². The smallest absolute Gasteiger partial charge is 0.261 e. The highest BCUT2D eigenvalue weighted by Gasteiger charge is 2.20. The predicted octanol–water partition coefficient (Wildman–Crippen LogP) is 2.76. The number of rotatable bonds is 4. The molecule has 1 aliphatic rings. The summed E-state index contributed by atoms with van der Waals surface area (Å²) in [6, 6.07) is 1.89. The Morgan fingerprint density at radius 3 is 2.79 bits per heavy atom. The minimum atomic E-state index is -0.158. The van der Waals surface area contributed by atoms with Gasteiger partial charge in [0.2, 0.25) is 0 Å². The van der Waals surface area contributed by atoms with Crippen LogP contribution in [-0.2, 0) is 12.8 Å². The molecule has 2 rings (SSSR count). The highest BCUT2D eigenvalue weighted by molar-refractivity contribution is 7.14. The SMILES string of the molecule is CC(C)C(CO)NC(=O)c1cc2c(s1)CCCCC2. The van der Waals surface area contributed by atoms with Gasteiger partial charge >= 0.3 is 0 Å². The Bertz CT molecular complexity index is 416. The van der Waals surface area contributed by atoms with E-state index in [4.69, 9.17) is 0 Å². The predicted molar refractivity (Wildman–Crippen MR) is 78.8 cm³/mol. The third-order valence-corrected chi connectivity index (χ3v) is 5.02. The molecular formula is C15H23NO2S. The molecule has 0 saturated heterocycles. The van der Waals surface area contributed by atoms with Crippen molar-refractivity contribution in [1.29, 1.82) is 0 Å². The summed E-state index contributed by atoms with van der Waals surface area (Å²) in [5, 5.41) is 12.2. The maximum absolute atomic E-state index is 12.2. The molecule has 0 radical (unpaired) electrons. The lowest BCUT2D eigenvalue weighted by Gasteiger charge is -2.19. The van der Waals surface area contributed by atoms with E-state index in [0.29, 0.717) is 0 Å². The Kier molecular flexibility index (Phi) is 4.99. The van der Waals surface area contributed by atoms with Crippen molar-refractivity contribution in [2.75, 3.05) is 6.61 Å². The van der Waals surface area contributed by atoms with E-state index >= 15 is 0 Å². The molecule has 0 aromatic carbocycles. The number of aliphatic hydroxyl groups excluding tert-OH is 1. The Labute approximate surface area is 119 Å². The first-order valence-corrected chi connectivity index (χ1v) is 7.96. The van der Waals surface area contributed by atoms with Gasteiger partial charge in [0.1, 0.15) is 0 Å². The van der Waals surface area contributed by atoms with Gasteiger partial charge in [-0.3, -0.25) is 4.79 Å². The Hall–Kier alpha value is -0.870. The minimum absolute atomic E-state index is 0.00546. The number of fused-ring (bicyclic) bond motifs is 1. The van der Waals surface area contributed by atoms with E-state index in [1.807, 2.05) is 13.8 Å². The number of hydrogen-bond acceptors (Lipinski definition) is 3. The van der Waals surface area contributed by atoms with Crippen molar-refractivity contribution in [3.05, 3.63) is 21.4 Å². The van der Waals surface area contributed by atoms with Crippen molar-refractivity contribution in [1.82, 2.24) is 5.32 Å². The van der Waals surface area contributed by atoms with Crippen molar-refractivity contribution in [3.8, 4) is 0 Å². The maximum Gasteiger partial charge on any atom is 0.261 e. The number of aliphatic hydroxyl groups is 1. The fraction of sp³-hybridized carbons (Fsp3) is 0.667.